The molecule has 296 valence electrons. The molecular weight excluding hydrogens is 761 g/mol. The Morgan fingerprint density at radius 1 is 0.397 bits per heavy atom. The van der Waals surface area contributed by atoms with Gasteiger partial charge in [0.2, 0.25) is 0 Å². The van der Waals surface area contributed by atoms with E-state index in [1.165, 1.54) is 93.9 Å². The molecule has 0 unspecified atom stereocenters. The van der Waals surface area contributed by atoms with E-state index in [4.69, 9.17) is 0 Å². The van der Waals surface area contributed by atoms with Crippen LogP contribution in [0, 0.1) is 0 Å². The molecule has 2 nitrogen and oxygen atoms in total. The van der Waals surface area contributed by atoms with Gasteiger partial charge in [-0.05, 0) is 151 Å². The number of hydrogen-bond acceptors (Lipinski definition) is 1. The maximum absolute atomic E-state index is 3.93. The van der Waals surface area contributed by atoms with Gasteiger partial charge in [-0.3, -0.25) is 0 Å². The van der Waals surface area contributed by atoms with Crippen LogP contribution in [-0.4, -0.2) is 4.57 Å². The summed E-state index contributed by atoms with van der Waals surface area (Å²) in [5.74, 6) is 0. The standard InChI is InChI=1S/C61H42N2/c1-2-41-19-21-42(22-20-41)43-25-31-51(32-26-43)62(53-35-29-45-37-49(24-23-46(45)38-53)55-16-10-17-56-54-14-7-6-11-48(54)40-58(55)56)52-33-27-44(28-34-52)47-30-36-61-59(39-47)57-15-8-9-18-60(57)63(61)50-12-4-3-5-13-50/h2-39H,1,40H2. The monoisotopic (exact) mass is 802 g/mol. The first-order chi connectivity index (χ1) is 31.2. The second kappa shape index (κ2) is 15.1. The van der Waals surface area contributed by atoms with Crippen molar-refractivity contribution in [1.29, 1.82) is 0 Å². The fourth-order valence-electron chi connectivity index (χ4n) is 9.84. The van der Waals surface area contributed by atoms with E-state index in [9.17, 15) is 0 Å². The Bertz CT molecular complexity index is 3520. The van der Waals surface area contributed by atoms with Crippen molar-refractivity contribution in [2.75, 3.05) is 4.90 Å². The normalized spacial score (nSPS) is 11.8. The molecule has 0 saturated heterocycles. The van der Waals surface area contributed by atoms with Gasteiger partial charge in [-0.15, -0.1) is 0 Å². The van der Waals surface area contributed by atoms with Crippen LogP contribution in [0.25, 0.3) is 88.8 Å². The second-order valence-corrected chi connectivity index (χ2v) is 16.6. The first-order valence-corrected chi connectivity index (χ1v) is 21.7. The molecule has 11 aromatic rings. The average Bonchev–Trinajstić information content (AvgIpc) is 3.90. The van der Waals surface area contributed by atoms with Crippen LogP contribution in [0.1, 0.15) is 16.7 Å². The number of hydrogen-bond donors (Lipinski definition) is 0. The Morgan fingerprint density at radius 2 is 0.968 bits per heavy atom. The van der Waals surface area contributed by atoms with Crippen LogP contribution in [0.4, 0.5) is 17.1 Å². The third kappa shape index (κ3) is 6.35. The van der Waals surface area contributed by atoms with E-state index in [1.807, 2.05) is 6.08 Å². The summed E-state index contributed by atoms with van der Waals surface area (Å²) in [6, 6.07) is 82.2. The van der Waals surface area contributed by atoms with E-state index in [1.54, 1.807) is 0 Å². The summed E-state index contributed by atoms with van der Waals surface area (Å²) in [7, 11) is 0. The molecule has 1 aromatic heterocycles. The van der Waals surface area contributed by atoms with Crippen molar-refractivity contribution in [3.63, 3.8) is 0 Å². The predicted octanol–water partition coefficient (Wildman–Crippen LogP) is 16.6. The summed E-state index contributed by atoms with van der Waals surface area (Å²) in [4.78, 5) is 2.37. The molecule has 0 atom stereocenters. The predicted molar refractivity (Wildman–Crippen MR) is 268 cm³/mol. The second-order valence-electron chi connectivity index (χ2n) is 16.6. The van der Waals surface area contributed by atoms with E-state index in [0.717, 1.165) is 29.0 Å². The van der Waals surface area contributed by atoms with Gasteiger partial charge in [0, 0.05) is 33.5 Å². The number of aromatic nitrogens is 1. The van der Waals surface area contributed by atoms with Gasteiger partial charge in [0.15, 0.2) is 0 Å². The highest BCUT2D eigenvalue weighted by Gasteiger charge is 2.22. The highest BCUT2D eigenvalue weighted by atomic mass is 15.1. The van der Waals surface area contributed by atoms with Gasteiger partial charge in [0.05, 0.1) is 11.0 Å². The molecule has 1 aliphatic carbocycles. The number of fused-ring (bicyclic) bond motifs is 7. The van der Waals surface area contributed by atoms with E-state index in [0.29, 0.717) is 0 Å². The Kier molecular flexibility index (Phi) is 8.76. The first kappa shape index (κ1) is 36.6. The fourth-order valence-corrected chi connectivity index (χ4v) is 9.84. The minimum atomic E-state index is 0.971. The Morgan fingerprint density at radius 3 is 1.75 bits per heavy atom. The summed E-state index contributed by atoms with van der Waals surface area (Å²) in [5, 5.41) is 4.93. The molecule has 12 rings (SSSR count). The van der Waals surface area contributed by atoms with Gasteiger partial charge in [-0.25, -0.2) is 0 Å². The van der Waals surface area contributed by atoms with Crippen molar-refractivity contribution in [1.82, 2.24) is 4.57 Å². The van der Waals surface area contributed by atoms with Gasteiger partial charge in [-0.2, -0.15) is 0 Å². The highest BCUT2D eigenvalue weighted by molar-refractivity contribution is 6.10. The van der Waals surface area contributed by atoms with Crippen molar-refractivity contribution in [2.24, 2.45) is 0 Å². The quantitative estimate of drug-likeness (QED) is 0.149. The summed E-state index contributed by atoms with van der Waals surface area (Å²) in [6.07, 6.45) is 2.86. The van der Waals surface area contributed by atoms with Crippen LogP contribution in [0.5, 0.6) is 0 Å². The topological polar surface area (TPSA) is 8.17 Å². The molecule has 0 aliphatic heterocycles. The highest BCUT2D eigenvalue weighted by Crippen LogP contribution is 2.43. The lowest BCUT2D eigenvalue weighted by Crippen LogP contribution is -2.09. The van der Waals surface area contributed by atoms with Crippen LogP contribution in [0.3, 0.4) is 0 Å². The lowest BCUT2D eigenvalue weighted by Gasteiger charge is -2.26. The SMILES string of the molecule is C=Cc1ccc(-c2ccc(N(c3ccc(-c4ccc5c(c4)c4ccccc4n5-c4ccccc4)cc3)c3ccc4cc(-c5cccc6c5Cc5ccccc5-6)ccc4c3)cc2)cc1. The van der Waals surface area contributed by atoms with Crippen molar-refractivity contribution < 1.29 is 0 Å². The lowest BCUT2D eigenvalue weighted by molar-refractivity contribution is 1.18. The molecular formula is C61H42N2. The van der Waals surface area contributed by atoms with Crippen molar-refractivity contribution in [3.05, 3.63) is 248 Å². The molecule has 10 aromatic carbocycles. The van der Waals surface area contributed by atoms with Crippen LogP contribution in [0.2, 0.25) is 0 Å². The minimum Gasteiger partial charge on any atom is -0.310 e. The van der Waals surface area contributed by atoms with Crippen molar-refractivity contribution in [2.45, 2.75) is 6.42 Å². The van der Waals surface area contributed by atoms with Crippen molar-refractivity contribution >= 4 is 55.7 Å². The zero-order chi connectivity index (χ0) is 41.9. The third-order valence-corrected chi connectivity index (χ3v) is 13.0. The number of benzene rings is 10. The number of anilines is 3. The Balaban J connectivity index is 0.922. The smallest absolute Gasteiger partial charge is 0.0541 e. The third-order valence-electron chi connectivity index (χ3n) is 13.0. The number of nitrogens with zero attached hydrogens (tertiary/aromatic N) is 2. The summed E-state index contributed by atoms with van der Waals surface area (Å²) in [5.41, 5.74) is 20.8. The fraction of sp³-hybridized carbons (Fsp3) is 0.0164. The number of para-hydroxylation sites is 2. The number of rotatable bonds is 8. The Hall–Kier alpha value is -8.20. The molecule has 1 aliphatic rings. The summed E-state index contributed by atoms with van der Waals surface area (Å²) < 4.78 is 2.37. The molecule has 0 N–H and O–H groups in total. The van der Waals surface area contributed by atoms with Gasteiger partial charge < -0.3 is 9.47 Å². The first-order valence-electron chi connectivity index (χ1n) is 21.7. The van der Waals surface area contributed by atoms with Gasteiger partial charge in [0.25, 0.3) is 0 Å². The van der Waals surface area contributed by atoms with Crippen LogP contribution in [-0.2, 0) is 6.42 Å². The minimum absolute atomic E-state index is 0.971. The molecule has 1 heterocycles. The van der Waals surface area contributed by atoms with Crippen molar-refractivity contribution in [3.8, 4) is 50.2 Å². The summed E-state index contributed by atoms with van der Waals surface area (Å²) >= 11 is 0. The van der Waals surface area contributed by atoms with Crippen LogP contribution < -0.4 is 4.90 Å². The van der Waals surface area contributed by atoms with E-state index < -0.39 is 0 Å². The molecule has 63 heavy (non-hydrogen) atoms. The average molecular weight is 803 g/mol. The van der Waals surface area contributed by atoms with Crippen LogP contribution in [0.15, 0.2) is 231 Å². The molecule has 2 heteroatoms. The Labute approximate surface area is 367 Å². The van der Waals surface area contributed by atoms with E-state index in [-0.39, 0.29) is 0 Å². The molecule has 0 bridgehead atoms. The van der Waals surface area contributed by atoms with Crippen LogP contribution >= 0.6 is 0 Å². The lowest BCUT2D eigenvalue weighted by atomic mass is 9.94. The maximum atomic E-state index is 3.93. The zero-order valence-electron chi connectivity index (χ0n) is 34.7. The molecule has 0 saturated carbocycles. The van der Waals surface area contributed by atoms with E-state index >= 15 is 0 Å². The molecule has 0 spiro atoms. The molecule has 0 amide bonds. The van der Waals surface area contributed by atoms with Gasteiger partial charge >= 0.3 is 0 Å². The van der Waals surface area contributed by atoms with Gasteiger partial charge in [-0.1, -0.05) is 164 Å². The zero-order valence-corrected chi connectivity index (χ0v) is 34.7. The maximum Gasteiger partial charge on any atom is 0.0541 e. The molecule has 0 fully saturated rings. The van der Waals surface area contributed by atoms with E-state index in [2.05, 4.69) is 241 Å². The molecule has 0 radical (unpaired) electrons. The largest absolute Gasteiger partial charge is 0.310 e. The summed E-state index contributed by atoms with van der Waals surface area (Å²) in [6.45, 7) is 3.93. The van der Waals surface area contributed by atoms with Gasteiger partial charge in [0.1, 0.15) is 0 Å².